The van der Waals surface area contributed by atoms with Crippen LogP contribution in [-0.4, -0.2) is 69.9 Å². The molecule has 2 heterocycles. The maximum absolute atomic E-state index is 10.6. The Kier molecular flexibility index (Phi) is 7.31. The molecule has 0 aliphatic carbocycles. The molecule has 1 aliphatic rings. The number of carboxylic acid groups (broad SMARTS) is 1. The molecule has 0 amide bonds. The zero-order chi connectivity index (χ0) is 19.9. The third-order valence-electron chi connectivity index (χ3n) is 4.01. The molecule has 1 saturated heterocycles. The molecule has 148 valence electrons. The van der Waals surface area contributed by atoms with Gasteiger partial charge in [0.2, 0.25) is 11.7 Å². The van der Waals surface area contributed by atoms with Crippen LogP contribution in [0.2, 0.25) is 0 Å². The largest absolute Gasteiger partial charge is 0.490 e. The maximum Gasteiger partial charge on any atom is 0.490 e. The SMILES string of the molecule is CCN1CCN(Cc2nc(-c3ccccc3)no2)CC1.O=C(O)C(F)(F)F. The monoisotopic (exact) mass is 386 g/mol. The first-order chi connectivity index (χ1) is 12.8. The zero-order valence-corrected chi connectivity index (χ0v) is 14.8. The van der Waals surface area contributed by atoms with Gasteiger partial charge in [-0.25, -0.2) is 4.79 Å². The van der Waals surface area contributed by atoms with Crippen molar-refractivity contribution in [1.29, 1.82) is 0 Å². The van der Waals surface area contributed by atoms with Crippen LogP contribution in [0.1, 0.15) is 12.8 Å². The zero-order valence-electron chi connectivity index (χ0n) is 14.8. The number of halogens is 3. The van der Waals surface area contributed by atoms with E-state index in [1.165, 1.54) is 0 Å². The second-order valence-corrected chi connectivity index (χ2v) is 5.89. The molecular formula is C17H21F3N4O3. The highest BCUT2D eigenvalue weighted by atomic mass is 19.4. The fourth-order valence-corrected chi connectivity index (χ4v) is 2.48. The number of carbonyl (C=O) groups is 1. The Hall–Kier alpha value is -2.46. The number of aliphatic carboxylic acids is 1. The minimum atomic E-state index is -5.08. The third-order valence-corrected chi connectivity index (χ3v) is 4.01. The Labute approximate surface area is 154 Å². The van der Waals surface area contributed by atoms with Crippen molar-refractivity contribution < 1.29 is 27.6 Å². The smallest absolute Gasteiger partial charge is 0.475 e. The summed E-state index contributed by atoms with van der Waals surface area (Å²) < 4.78 is 37.1. The van der Waals surface area contributed by atoms with E-state index in [1.54, 1.807) is 0 Å². The lowest BCUT2D eigenvalue weighted by Crippen LogP contribution is -2.45. The Morgan fingerprint density at radius 2 is 1.70 bits per heavy atom. The molecule has 0 bridgehead atoms. The molecule has 0 atom stereocenters. The summed E-state index contributed by atoms with van der Waals surface area (Å²) >= 11 is 0. The number of alkyl halides is 3. The molecule has 3 rings (SSSR count). The van der Waals surface area contributed by atoms with E-state index in [1.807, 2.05) is 30.3 Å². The summed E-state index contributed by atoms with van der Waals surface area (Å²) in [6.45, 7) is 8.46. The summed E-state index contributed by atoms with van der Waals surface area (Å²) in [5.74, 6) is -1.38. The Morgan fingerprint density at radius 3 is 2.22 bits per heavy atom. The van der Waals surface area contributed by atoms with Crippen LogP contribution in [0.25, 0.3) is 11.4 Å². The average molecular weight is 386 g/mol. The van der Waals surface area contributed by atoms with E-state index < -0.39 is 12.1 Å². The molecule has 1 aliphatic heterocycles. The van der Waals surface area contributed by atoms with Crippen molar-refractivity contribution in [3.8, 4) is 11.4 Å². The normalized spacial score (nSPS) is 15.9. The van der Waals surface area contributed by atoms with Crippen molar-refractivity contribution in [2.24, 2.45) is 0 Å². The first-order valence-corrected chi connectivity index (χ1v) is 8.42. The number of rotatable bonds is 4. The second-order valence-electron chi connectivity index (χ2n) is 5.89. The van der Waals surface area contributed by atoms with Crippen LogP contribution in [0.5, 0.6) is 0 Å². The maximum atomic E-state index is 10.6. The van der Waals surface area contributed by atoms with Gasteiger partial charge in [0.15, 0.2) is 0 Å². The van der Waals surface area contributed by atoms with E-state index in [4.69, 9.17) is 14.4 Å². The van der Waals surface area contributed by atoms with Crippen LogP contribution < -0.4 is 0 Å². The lowest BCUT2D eigenvalue weighted by molar-refractivity contribution is -0.192. The minimum Gasteiger partial charge on any atom is -0.475 e. The minimum absolute atomic E-state index is 0.674. The summed E-state index contributed by atoms with van der Waals surface area (Å²) in [7, 11) is 0. The number of nitrogens with zero attached hydrogens (tertiary/aromatic N) is 4. The van der Waals surface area contributed by atoms with Gasteiger partial charge in [-0.2, -0.15) is 18.2 Å². The highest BCUT2D eigenvalue weighted by molar-refractivity contribution is 5.73. The van der Waals surface area contributed by atoms with E-state index in [0.29, 0.717) is 11.7 Å². The fourth-order valence-electron chi connectivity index (χ4n) is 2.48. The van der Waals surface area contributed by atoms with Crippen molar-refractivity contribution >= 4 is 5.97 Å². The molecule has 1 N–H and O–H groups in total. The van der Waals surface area contributed by atoms with Gasteiger partial charge in [-0.05, 0) is 6.54 Å². The quantitative estimate of drug-likeness (QED) is 0.864. The van der Waals surface area contributed by atoms with Gasteiger partial charge in [-0.15, -0.1) is 0 Å². The van der Waals surface area contributed by atoms with Gasteiger partial charge in [0.1, 0.15) is 0 Å². The first-order valence-electron chi connectivity index (χ1n) is 8.42. The average Bonchev–Trinajstić information content (AvgIpc) is 3.11. The number of piperazine rings is 1. The summed E-state index contributed by atoms with van der Waals surface area (Å²) in [5, 5.41) is 11.2. The Morgan fingerprint density at radius 1 is 1.15 bits per heavy atom. The van der Waals surface area contributed by atoms with E-state index >= 15 is 0 Å². The van der Waals surface area contributed by atoms with Crippen LogP contribution in [0, 0.1) is 0 Å². The van der Waals surface area contributed by atoms with E-state index in [2.05, 4.69) is 26.9 Å². The van der Waals surface area contributed by atoms with Crippen LogP contribution >= 0.6 is 0 Å². The first kappa shape index (κ1) is 20.8. The number of benzene rings is 1. The van der Waals surface area contributed by atoms with Crippen LogP contribution in [0.4, 0.5) is 13.2 Å². The van der Waals surface area contributed by atoms with Crippen molar-refractivity contribution in [3.05, 3.63) is 36.2 Å². The summed E-state index contributed by atoms with van der Waals surface area (Å²) in [6, 6.07) is 9.94. The summed E-state index contributed by atoms with van der Waals surface area (Å²) in [5.41, 5.74) is 0.998. The molecular weight excluding hydrogens is 365 g/mol. The number of carboxylic acids is 1. The van der Waals surface area contributed by atoms with Gasteiger partial charge in [0.05, 0.1) is 6.54 Å². The van der Waals surface area contributed by atoms with Gasteiger partial charge in [-0.3, -0.25) is 4.90 Å². The number of hydrogen-bond donors (Lipinski definition) is 1. The van der Waals surface area contributed by atoms with E-state index in [-0.39, 0.29) is 0 Å². The molecule has 7 nitrogen and oxygen atoms in total. The highest BCUT2D eigenvalue weighted by Crippen LogP contribution is 2.16. The fraction of sp³-hybridized carbons (Fsp3) is 0.471. The van der Waals surface area contributed by atoms with E-state index in [0.717, 1.165) is 44.8 Å². The molecule has 1 aromatic carbocycles. The number of hydrogen-bond acceptors (Lipinski definition) is 6. The third kappa shape index (κ3) is 6.65. The van der Waals surface area contributed by atoms with Crippen LogP contribution in [0.3, 0.4) is 0 Å². The number of likely N-dealkylation sites (N-methyl/N-ethyl adjacent to an activating group) is 1. The Bertz CT molecular complexity index is 714. The predicted molar refractivity (Wildman–Crippen MR) is 90.8 cm³/mol. The Balaban J connectivity index is 0.000000321. The van der Waals surface area contributed by atoms with Crippen LogP contribution in [0.15, 0.2) is 34.9 Å². The van der Waals surface area contributed by atoms with Crippen molar-refractivity contribution in [2.45, 2.75) is 19.6 Å². The van der Waals surface area contributed by atoms with Gasteiger partial charge in [-0.1, -0.05) is 42.4 Å². The molecule has 27 heavy (non-hydrogen) atoms. The van der Waals surface area contributed by atoms with Crippen molar-refractivity contribution in [3.63, 3.8) is 0 Å². The van der Waals surface area contributed by atoms with Gasteiger partial charge >= 0.3 is 12.1 Å². The summed E-state index contributed by atoms with van der Waals surface area (Å²) in [6.07, 6.45) is -5.08. The molecule has 10 heteroatoms. The van der Waals surface area contributed by atoms with Crippen LogP contribution in [-0.2, 0) is 11.3 Å². The molecule has 0 unspecified atom stereocenters. The number of aromatic nitrogens is 2. The molecule has 0 spiro atoms. The lowest BCUT2D eigenvalue weighted by Gasteiger charge is -2.33. The lowest BCUT2D eigenvalue weighted by atomic mass is 10.2. The standard InChI is InChI=1S/C15H20N4O.C2HF3O2/c1-2-18-8-10-19(11-9-18)12-14-16-15(17-20-14)13-6-4-3-5-7-13;3-2(4,5)1(6)7/h3-7H,2,8-12H2,1H3;(H,6,7). The second kappa shape index (κ2) is 9.47. The molecule has 2 aromatic rings. The molecule has 1 aromatic heterocycles. The van der Waals surface area contributed by atoms with Gasteiger partial charge < -0.3 is 14.5 Å². The molecule has 0 saturated carbocycles. The topological polar surface area (TPSA) is 82.7 Å². The van der Waals surface area contributed by atoms with Gasteiger partial charge in [0, 0.05) is 31.7 Å². The van der Waals surface area contributed by atoms with Gasteiger partial charge in [0.25, 0.3) is 0 Å². The van der Waals surface area contributed by atoms with Crippen molar-refractivity contribution in [2.75, 3.05) is 32.7 Å². The van der Waals surface area contributed by atoms with E-state index in [9.17, 15) is 13.2 Å². The molecule has 0 radical (unpaired) electrons. The van der Waals surface area contributed by atoms with Crippen molar-refractivity contribution in [1.82, 2.24) is 19.9 Å². The summed E-state index contributed by atoms with van der Waals surface area (Å²) in [4.78, 5) is 18.2. The predicted octanol–water partition coefficient (Wildman–Crippen LogP) is 2.51. The molecule has 1 fully saturated rings. The highest BCUT2D eigenvalue weighted by Gasteiger charge is 2.38.